The highest BCUT2D eigenvalue weighted by Gasteiger charge is 2.28. The van der Waals surface area contributed by atoms with Gasteiger partial charge in [0, 0.05) is 11.7 Å². The van der Waals surface area contributed by atoms with Crippen LogP contribution in [0.1, 0.15) is 38.3 Å². The number of para-hydroxylation sites is 1. The van der Waals surface area contributed by atoms with Gasteiger partial charge in [-0.15, -0.1) is 0 Å². The van der Waals surface area contributed by atoms with Gasteiger partial charge in [0.1, 0.15) is 0 Å². The highest BCUT2D eigenvalue weighted by atomic mass is 16.4. The number of amides is 2. The van der Waals surface area contributed by atoms with Crippen LogP contribution < -0.4 is 10.6 Å². The van der Waals surface area contributed by atoms with Crippen LogP contribution in [0.15, 0.2) is 18.2 Å². The average Bonchev–Trinajstić information content (AvgIpc) is 2.31. The Hall–Kier alpha value is -2.04. The Morgan fingerprint density at radius 2 is 1.71 bits per heavy atom. The summed E-state index contributed by atoms with van der Waals surface area (Å²) in [5.74, 6) is -0.928. The summed E-state index contributed by atoms with van der Waals surface area (Å²) in [7, 11) is 0. The average molecular weight is 292 g/mol. The zero-order valence-corrected chi connectivity index (χ0v) is 13.3. The van der Waals surface area contributed by atoms with Crippen LogP contribution in [0.25, 0.3) is 0 Å². The van der Waals surface area contributed by atoms with Gasteiger partial charge in [-0.25, -0.2) is 4.79 Å². The first-order valence-corrected chi connectivity index (χ1v) is 6.97. The summed E-state index contributed by atoms with van der Waals surface area (Å²) in [5, 5.41) is 14.5. The molecular weight excluding hydrogens is 268 g/mol. The molecule has 0 aliphatic heterocycles. The molecule has 1 aromatic rings. The maximum absolute atomic E-state index is 12.1. The van der Waals surface area contributed by atoms with Gasteiger partial charge in [0.2, 0.25) is 0 Å². The summed E-state index contributed by atoms with van der Waals surface area (Å²) in [6.45, 7) is 9.54. The summed E-state index contributed by atoms with van der Waals surface area (Å²) < 4.78 is 0. The molecule has 1 aromatic carbocycles. The first-order chi connectivity index (χ1) is 9.61. The topological polar surface area (TPSA) is 78.4 Å². The Labute approximate surface area is 125 Å². The zero-order valence-electron chi connectivity index (χ0n) is 13.3. The Morgan fingerprint density at radius 3 is 2.14 bits per heavy atom. The molecule has 21 heavy (non-hydrogen) atoms. The zero-order chi connectivity index (χ0) is 16.2. The third-order valence-corrected chi connectivity index (χ3v) is 3.45. The van der Waals surface area contributed by atoms with Crippen LogP contribution in [0.5, 0.6) is 0 Å². The summed E-state index contributed by atoms with van der Waals surface area (Å²) in [6.07, 6.45) is -0.107. The molecule has 0 aromatic heterocycles. The SMILES string of the molecule is Cc1cccc(C)c1NC(=O)NC(CC(=O)O)C(C)(C)C. The minimum Gasteiger partial charge on any atom is -0.481 e. The fourth-order valence-corrected chi connectivity index (χ4v) is 2.07. The molecule has 0 aliphatic carbocycles. The van der Waals surface area contributed by atoms with Crippen LogP contribution in [-0.4, -0.2) is 23.1 Å². The number of carboxylic acids is 1. The Bertz CT molecular complexity index is 513. The number of carbonyl (C=O) groups is 2. The number of carbonyl (C=O) groups excluding carboxylic acids is 1. The predicted octanol–water partition coefficient (Wildman–Crippen LogP) is 3.31. The predicted molar refractivity (Wildman–Crippen MR) is 83.6 cm³/mol. The van der Waals surface area contributed by atoms with E-state index in [2.05, 4.69) is 10.6 Å². The molecule has 0 saturated heterocycles. The summed E-state index contributed by atoms with van der Waals surface area (Å²) in [6, 6.07) is 4.94. The number of anilines is 1. The second-order valence-corrected chi connectivity index (χ2v) is 6.38. The van der Waals surface area contributed by atoms with Gasteiger partial charge in [-0.1, -0.05) is 39.0 Å². The van der Waals surface area contributed by atoms with E-state index in [9.17, 15) is 9.59 Å². The molecule has 0 radical (unpaired) electrons. The Balaban J connectivity index is 2.81. The molecule has 0 bridgehead atoms. The van der Waals surface area contributed by atoms with Crippen molar-refractivity contribution in [2.45, 2.75) is 47.1 Å². The number of hydrogen-bond acceptors (Lipinski definition) is 2. The third-order valence-electron chi connectivity index (χ3n) is 3.45. The lowest BCUT2D eigenvalue weighted by atomic mass is 9.85. The molecule has 2 amide bonds. The minimum atomic E-state index is -0.928. The van der Waals surface area contributed by atoms with Gasteiger partial charge in [0.05, 0.1) is 6.42 Å². The molecule has 116 valence electrons. The van der Waals surface area contributed by atoms with E-state index in [0.717, 1.165) is 16.8 Å². The van der Waals surface area contributed by atoms with Gasteiger partial charge in [0.15, 0.2) is 0 Å². The van der Waals surface area contributed by atoms with Crippen LogP contribution >= 0.6 is 0 Å². The van der Waals surface area contributed by atoms with Crippen LogP contribution in [0.2, 0.25) is 0 Å². The monoisotopic (exact) mass is 292 g/mol. The lowest BCUT2D eigenvalue weighted by Crippen LogP contribution is -2.46. The molecule has 1 rings (SSSR count). The maximum atomic E-state index is 12.1. The molecule has 0 heterocycles. The number of nitrogens with one attached hydrogen (secondary N) is 2. The van der Waals surface area contributed by atoms with Crippen LogP contribution in [0, 0.1) is 19.3 Å². The van der Waals surface area contributed by atoms with E-state index < -0.39 is 12.0 Å². The summed E-state index contributed by atoms with van der Waals surface area (Å²) in [4.78, 5) is 23.1. The van der Waals surface area contributed by atoms with Crippen molar-refractivity contribution in [2.24, 2.45) is 5.41 Å². The standard InChI is InChI=1S/C16H24N2O3/c1-10-7-6-8-11(2)14(10)18-15(21)17-12(9-13(19)20)16(3,4)5/h6-8,12H,9H2,1-5H3,(H,19,20)(H2,17,18,21). The smallest absolute Gasteiger partial charge is 0.319 e. The van der Waals surface area contributed by atoms with E-state index >= 15 is 0 Å². The normalized spacial score (nSPS) is 12.6. The van der Waals surface area contributed by atoms with E-state index in [0.29, 0.717) is 0 Å². The minimum absolute atomic E-state index is 0.107. The fourth-order valence-electron chi connectivity index (χ4n) is 2.07. The maximum Gasteiger partial charge on any atom is 0.319 e. The van der Waals surface area contributed by atoms with Gasteiger partial charge in [0.25, 0.3) is 0 Å². The Kier molecular flexibility index (Phi) is 5.35. The third kappa shape index (κ3) is 5.10. The quantitative estimate of drug-likeness (QED) is 0.796. The molecule has 0 fully saturated rings. The fraction of sp³-hybridized carbons (Fsp3) is 0.500. The molecule has 5 nitrogen and oxygen atoms in total. The van der Waals surface area contributed by atoms with Crippen molar-refractivity contribution in [3.63, 3.8) is 0 Å². The molecule has 0 aliphatic rings. The molecule has 0 saturated carbocycles. The van der Waals surface area contributed by atoms with Crippen molar-refractivity contribution in [3.05, 3.63) is 29.3 Å². The highest BCUT2D eigenvalue weighted by molar-refractivity contribution is 5.91. The second kappa shape index (κ2) is 6.61. The van der Waals surface area contributed by atoms with Gasteiger partial charge >= 0.3 is 12.0 Å². The summed E-state index contributed by atoms with van der Waals surface area (Å²) >= 11 is 0. The van der Waals surface area contributed by atoms with Gasteiger partial charge in [-0.3, -0.25) is 4.79 Å². The van der Waals surface area contributed by atoms with Crippen molar-refractivity contribution < 1.29 is 14.7 Å². The van der Waals surface area contributed by atoms with E-state index in [1.807, 2.05) is 52.8 Å². The number of urea groups is 1. The first-order valence-electron chi connectivity index (χ1n) is 6.97. The first kappa shape index (κ1) is 17.0. The van der Waals surface area contributed by atoms with Crippen molar-refractivity contribution in [1.29, 1.82) is 0 Å². The molecule has 0 spiro atoms. The number of hydrogen-bond donors (Lipinski definition) is 3. The molecule has 5 heteroatoms. The molecule has 1 atom stereocenters. The lowest BCUT2D eigenvalue weighted by molar-refractivity contribution is -0.138. The largest absolute Gasteiger partial charge is 0.481 e. The number of aryl methyl sites for hydroxylation is 2. The van der Waals surface area contributed by atoms with Crippen LogP contribution in [0.3, 0.4) is 0 Å². The molecular formula is C16H24N2O3. The Morgan fingerprint density at radius 1 is 1.19 bits per heavy atom. The van der Waals surface area contributed by atoms with Gasteiger partial charge in [-0.05, 0) is 30.4 Å². The number of aliphatic carboxylic acids is 1. The van der Waals surface area contributed by atoms with E-state index in [1.165, 1.54) is 0 Å². The summed E-state index contributed by atoms with van der Waals surface area (Å²) in [5.41, 5.74) is 2.36. The molecule has 3 N–H and O–H groups in total. The second-order valence-electron chi connectivity index (χ2n) is 6.38. The van der Waals surface area contributed by atoms with Crippen LogP contribution in [0.4, 0.5) is 10.5 Å². The number of benzene rings is 1. The van der Waals surface area contributed by atoms with Crippen LogP contribution in [-0.2, 0) is 4.79 Å². The lowest BCUT2D eigenvalue weighted by Gasteiger charge is -2.30. The van der Waals surface area contributed by atoms with Crippen molar-refractivity contribution in [3.8, 4) is 0 Å². The van der Waals surface area contributed by atoms with E-state index in [-0.39, 0.29) is 17.9 Å². The highest BCUT2D eigenvalue weighted by Crippen LogP contribution is 2.23. The van der Waals surface area contributed by atoms with Gasteiger partial charge in [-0.2, -0.15) is 0 Å². The van der Waals surface area contributed by atoms with E-state index in [1.54, 1.807) is 0 Å². The van der Waals surface area contributed by atoms with E-state index in [4.69, 9.17) is 5.11 Å². The molecule has 1 unspecified atom stereocenters. The van der Waals surface area contributed by atoms with Crippen molar-refractivity contribution in [1.82, 2.24) is 5.32 Å². The van der Waals surface area contributed by atoms with Crippen molar-refractivity contribution in [2.75, 3.05) is 5.32 Å². The van der Waals surface area contributed by atoms with Gasteiger partial charge < -0.3 is 15.7 Å². The number of carboxylic acid groups (broad SMARTS) is 1. The number of rotatable bonds is 4. The van der Waals surface area contributed by atoms with Crippen molar-refractivity contribution >= 4 is 17.7 Å².